The molecule has 0 saturated heterocycles. The minimum atomic E-state index is -2.97. The molecule has 0 aliphatic heterocycles. The number of hydrogen-bond donors (Lipinski definition) is 1. The van der Waals surface area contributed by atoms with Gasteiger partial charge in [0, 0.05) is 12.5 Å². The van der Waals surface area contributed by atoms with Crippen LogP contribution in [0.15, 0.2) is 12.1 Å². The fourth-order valence-electron chi connectivity index (χ4n) is 1.71. The van der Waals surface area contributed by atoms with E-state index in [1.54, 1.807) is 0 Å². The van der Waals surface area contributed by atoms with Crippen LogP contribution in [-0.4, -0.2) is 20.8 Å². The molecule has 0 aromatic heterocycles. The number of rotatable bonds is 6. The van der Waals surface area contributed by atoms with Crippen molar-refractivity contribution in [1.82, 2.24) is 0 Å². The molecule has 6 heteroatoms. The lowest BCUT2D eigenvalue weighted by atomic mass is 9.99. The van der Waals surface area contributed by atoms with Crippen LogP contribution < -0.4 is 15.4 Å². The summed E-state index contributed by atoms with van der Waals surface area (Å²) in [6.45, 7) is 0.986. The second-order valence-electron chi connectivity index (χ2n) is 3.87. The second-order valence-corrected chi connectivity index (χ2v) is 3.87. The summed E-state index contributed by atoms with van der Waals surface area (Å²) in [7, 11) is 2.85. The summed E-state index contributed by atoms with van der Waals surface area (Å²) in [5, 5.41) is 0. The van der Waals surface area contributed by atoms with Crippen LogP contribution in [0.3, 0.4) is 0 Å². The van der Waals surface area contributed by atoms with Crippen LogP contribution >= 0.6 is 0 Å². The Hall–Kier alpha value is -1.40. The number of halogens is 2. The Kier molecular flexibility index (Phi) is 4.86. The van der Waals surface area contributed by atoms with Gasteiger partial charge in [-0.25, -0.2) is 14.7 Å². The van der Waals surface area contributed by atoms with E-state index in [1.807, 2.05) is 0 Å². The first-order valence-corrected chi connectivity index (χ1v) is 5.39. The van der Waals surface area contributed by atoms with Crippen molar-refractivity contribution >= 4 is 0 Å². The Bertz CT molecular complexity index is 405. The number of ether oxygens (including phenoxy) is 2. The molecule has 0 unspecified atom stereocenters. The van der Waals surface area contributed by atoms with Crippen LogP contribution in [0.2, 0.25) is 0 Å². The maximum Gasteiger partial charge on any atom is 0.270 e. The highest BCUT2D eigenvalue weighted by Gasteiger charge is 2.29. The number of alkyl halides is 2. The molecule has 0 spiro atoms. The highest BCUT2D eigenvalue weighted by molar-refractivity contribution is 5.48. The van der Waals surface area contributed by atoms with Gasteiger partial charge in [-0.15, -0.1) is 0 Å². The summed E-state index contributed by atoms with van der Waals surface area (Å²) in [5.74, 6) is 2.62. The monoisotopic (exact) mass is 261 g/mol. The molecule has 0 amide bonds. The van der Waals surface area contributed by atoms with Gasteiger partial charge in [-0.05, 0) is 24.1 Å². The number of hydrogen-bond acceptors (Lipinski definition) is 4. The van der Waals surface area contributed by atoms with E-state index in [4.69, 9.17) is 15.4 Å². The van der Waals surface area contributed by atoms with Gasteiger partial charge in [0.15, 0.2) is 11.5 Å². The molecule has 1 aromatic carbocycles. The first-order chi connectivity index (χ1) is 8.43. The lowest BCUT2D eigenvalue weighted by Gasteiger charge is -2.19. The molecule has 102 valence electrons. The quantitative estimate of drug-likeness (QED) is 0.798. The van der Waals surface area contributed by atoms with E-state index in [0.29, 0.717) is 11.3 Å². The first-order valence-electron chi connectivity index (χ1n) is 5.39. The van der Waals surface area contributed by atoms with E-state index in [-0.39, 0.29) is 24.3 Å². The average molecular weight is 261 g/mol. The summed E-state index contributed by atoms with van der Waals surface area (Å²) >= 11 is 0. The van der Waals surface area contributed by atoms with Crippen molar-refractivity contribution in [1.29, 1.82) is 0 Å². The van der Waals surface area contributed by atoms with Gasteiger partial charge in [-0.1, -0.05) is 0 Å². The molecular weight excluding hydrogens is 244 g/mol. The van der Waals surface area contributed by atoms with Crippen LogP contribution in [0.25, 0.3) is 0 Å². The van der Waals surface area contributed by atoms with Crippen molar-refractivity contribution in [3.63, 3.8) is 0 Å². The van der Waals surface area contributed by atoms with Gasteiger partial charge in [0.1, 0.15) is 0 Å². The molecule has 4 nitrogen and oxygen atoms in total. The predicted molar refractivity (Wildman–Crippen MR) is 63.0 cm³/mol. The zero-order chi connectivity index (χ0) is 13.8. The number of nitrogens with two attached hydrogens (primary N) is 1. The Labute approximate surface area is 105 Å². The summed E-state index contributed by atoms with van der Waals surface area (Å²) in [4.78, 5) is 4.43. The Morgan fingerprint density at radius 1 is 1.17 bits per heavy atom. The maximum absolute atomic E-state index is 13.5. The smallest absolute Gasteiger partial charge is 0.270 e. The molecule has 0 atom stereocenters. The van der Waals surface area contributed by atoms with Crippen molar-refractivity contribution in [3.8, 4) is 11.5 Å². The molecule has 0 radical (unpaired) electrons. The van der Waals surface area contributed by atoms with Crippen LogP contribution in [-0.2, 0) is 17.2 Å². The molecule has 18 heavy (non-hydrogen) atoms. The van der Waals surface area contributed by atoms with E-state index in [9.17, 15) is 8.78 Å². The second kappa shape index (κ2) is 5.97. The van der Waals surface area contributed by atoms with Gasteiger partial charge in [0.25, 0.3) is 5.92 Å². The zero-order valence-corrected chi connectivity index (χ0v) is 10.6. The van der Waals surface area contributed by atoms with Gasteiger partial charge in [0.05, 0.1) is 20.8 Å². The standard InChI is InChI=1S/C12H17F2NO3/c1-12(13,14)9-7-11(17-3)10(16-2)6-8(9)4-5-18-15/h6-7H,4-5,15H2,1-3H3. The van der Waals surface area contributed by atoms with E-state index in [0.717, 1.165) is 6.92 Å². The summed E-state index contributed by atoms with van der Waals surface area (Å²) in [5.41, 5.74) is 0.308. The van der Waals surface area contributed by atoms with E-state index >= 15 is 0 Å². The topological polar surface area (TPSA) is 53.7 Å². The van der Waals surface area contributed by atoms with E-state index in [1.165, 1.54) is 26.4 Å². The fourth-order valence-corrected chi connectivity index (χ4v) is 1.71. The lowest BCUT2D eigenvalue weighted by Crippen LogP contribution is -2.14. The molecule has 2 N–H and O–H groups in total. The first kappa shape index (κ1) is 14.7. The minimum Gasteiger partial charge on any atom is -0.493 e. The normalized spacial score (nSPS) is 11.4. The van der Waals surface area contributed by atoms with Gasteiger partial charge >= 0.3 is 0 Å². The highest BCUT2D eigenvalue weighted by atomic mass is 19.3. The van der Waals surface area contributed by atoms with Gasteiger partial charge in [-0.2, -0.15) is 0 Å². The molecular formula is C12H17F2NO3. The third-order valence-electron chi connectivity index (χ3n) is 2.57. The van der Waals surface area contributed by atoms with E-state index in [2.05, 4.69) is 4.84 Å². The Balaban J connectivity index is 3.27. The SMILES string of the molecule is COc1cc(CCON)c(C(C)(F)F)cc1OC. The molecule has 0 bridgehead atoms. The summed E-state index contributed by atoms with van der Waals surface area (Å²) < 4.78 is 37.2. The van der Waals surface area contributed by atoms with Crippen molar-refractivity contribution in [3.05, 3.63) is 23.3 Å². The largest absolute Gasteiger partial charge is 0.493 e. The fraction of sp³-hybridized carbons (Fsp3) is 0.500. The minimum absolute atomic E-state index is 0.114. The third-order valence-corrected chi connectivity index (χ3v) is 2.57. The van der Waals surface area contributed by atoms with Gasteiger partial charge < -0.3 is 14.3 Å². The van der Waals surface area contributed by atoms with Crippen molar-refractivity contribution in [2.24, 2.45) is 5.90 Å². The van der Waals surface area contributed by atoms with Crippen molar-refractivity contribution in [2.45, 2.75) is 19.3 Å². The predicted octanol–water partition coefficient (Wildman–Crippen LogP) is 2.25. The zero-order valence-electron chi connectivity index (χ0n) is 10.6. The lowest BCUT2D eigenvalue weighted by molar-refractivity contribution is 0.0158. The summed E-state index contributed by atoms with van der Waals surface area (Å²) in [6, 6.07) is 2.80. The average Bonchev–Trinajstić information content (AvgIpc) is 2.33. The molecule has 0 aliphatic carbocycles. The molecule has 0 aliphatic rings. The van der Waals surface area contributed by atoms with Gasteiger partial charge in [-0.3, -0.25) is 0 Å². The molecule has 1 rings (SSSR count). The summed E-state index contributed by atoms with van der Waals surface area (Å²) in [6.07, 6.45) is 0.273. The van der Waals surface area contributed by atoms with Crippen LogP contribution in [0, 0.1) is 0 Å². The van der Waals surface area contributed by atoms with Crippen LogP contribution in [0.4, 0.5) is 8.78 Å². The van der Waals surface area contributed by atoms with Gasteiger partial charge in [0.2, 0.25) is 0 Å². The van der Waals surface area contributed by atoms with Crippen molar-refractivity contribution in [2.75, 3.05) is 20.8 Å². The maximum atomic E-state index is 13.5. The molecule has 0 saturated carbocycles. The molecule has 0 heterocycles. The molecule has 1 aromatic rings. The van der Waals surface area contributed by atoms with Crippen LogP contribution in [0.1, 0.15) is 18.1 Å². The number of methoxy groups -OCH3 is 2. The third kappa shape index (κ3) is 3.30. The Morgan fingerprint density at radius 3 is 2.17 bits per heavy atom. The highest BCUT2D eigenvalue weighted by Crippen LogP contribution is 2.38. The van der Waals surface area contributed by atoms with Crippen molar-refractivity contribution < 1.29 is 23.1 Å². The molecule has 0 fully saturated rings. The number of benzene rings is 1. The van der Waals surface area contributed by atoms with E-state index < -0.39 is 5.92 Å². The Morgan fingerprint density at radius 2 is 1.72 bits per heavy atom. The van der Waals surface area contributed by atoms with Crippen LogP contribution in [0.5, 0.6) is 11.5 Å².